The molecule has 3 aromatic rings. The summed E-state index contributed by atoms with van der Waals surface area (Å²) in [5.74, 6) is -0.391. The summed E-state index contributed by atoms with van der Waals surface area (Å²) in [6, 6.07) is 15.1. The Morgan fingerprint density at radius 1 is 1.00 bits per heavy atom. The van der Waals surface area contributed by atoms with E-state index in [0.29, 0.717) is 11.0 Å². The summed E-state index contributed by atoms with van der Waals surface area (Å²) in [6.07, 6.45) is -2.45. The van der Waals surface area contributed by atoms with E-state index in [1.807, 2.05) is 30.3 Å². The van der Waals surface area contributed by atoms with Gasteiger partial charge in [0.1, 0.15) is 6.61 Å². The number of hydrogen-bond donors (Lipinski definition) is 0. The Kier molecular flexibility index (Phi) is 5.60. The minimum atomic E-state index is -2.45. The van der Waals surface area contributed by atoms with E-state index in [-0.39, 0.29) is 18.1 Å². The highest BCUT2D eigenvalue weighted by atomic mass is 32.2. The van der Waals surface area contributed by atoms with Crippen LogP contribution in [0, 0.1) is 5.82 Å². The molecular formula is C17H14F3N3OS. The van der Waals surface area contributed by atoms with Gasteiger partial charge in [0, 0.05) is 5.69 Å². The van der Waals surface area contributed by atoms with Crippen molar-refractivity contribution in [2.45, 2.75) is 18.2 Å². The van der Waals surface area contributed by atoms with E-state index in [0.717, 1.165) is 17.4 Å². The minimum Gasteiger partial charge on any atom is -0.483 e. The van der Waals surface area contributed by atoms with Crippen molar-refractivity contribution in [1.29, 1.82) is 0 Å². The van der Waals surface area contributed by atoms with Crippen molar-refractivity contribution < 1.29 is 17.9 Å². The zero-order chi connectivity index (χ0) is 17.6. The zero-order valence-electron chi connectivity index (χ0n) is 13.0. The summed E-state index contributed by atoms with van der Waals surface area (Å²) in [5.41, 5.74) is 0.719. The van der Waals surface area contributed by atoms with Gasteiger partial charge in [0.05, 0.1) is 5.75 Å². The number of aromatic nitrogens is 3. The van der Waals surface area contributed by atoms with Gasteiger partial charge in [-0.05, 0) is 24.3 Å². The Bertz CT molecular complexity index is 827. The van der Waals surface area contributed by atoms with Crippen LogP contribution in [0.4, 0.5) is 13.2 Å². The number of benzene rings is 2. The predicted octanol–water partition coefficient (Wildman–Crippen LogP) is 4.34. The van der Waals surface area contributed by atoms with E-state index in [9.17, 15) is 13.2 Å². The largest absolute Gasteiger partial charge is 0.483 e. The summed E-state index contributed by atoms with van der Waals surface area (Å²) < 4.78 is 45.8. The average molecular weight is 365 g/mol. The molecule has 0 aliphatic carbocycles. The summed E-state index contributed by atoms with van der Waals surface area (Å²) in [4.78, 5) is 0. The Labute approximate surface area is 146 Å². The second-order valence-corrected chi connectivity index (χ2v) is 5.98. The van der Waals surface area contributed by atoms with Crippen molar-refractivity contribution in [2.24, 2.45) is 0 Å². The summed E-state index contributed by atoms with van der Waals surface area (Å²) in [7, 11) is 0. The SMILES string of the molecule is Fc1ccccc1OCc1nnc(SCC(F)F)n1-c1ccccc1. The predicted molar refractivity (Wildman–Crippen MR) is 88.8 cm³/mol. The number of halogens is 3. The monoisotopic (exact) mass is 365 g/mol. The zero-order valence-corrected chi connectivity index (χ0v) is 13.8. The molecule has 0 saturated carbocycles. The highest BCUT2D eigenvalue weighted by Gasteiger charge is 2.17. The fraction of sp³-hybridized carbons (Fsp3) is 0.176. The fourth-order valence-corrected chi connectivity index (χ4v) is 2.88. The normalized spacial score (nSPS) is 11.0. The summed E-state index contributed by atoms with van der Waals surface area (Å²) in [5, 5.41) is 8.32. The number of nitrogens with zero attached hydrogens (tertiary/aromatic N) is 3. The molecule has 1 aromatic heterocycles. The molecule has 0 saturated heterocycles. The molecule has 0 fully saturated rings. The molecule has 25 heavy (non-hydrogen) atoms. The Hall–Kier alpha value is -2.48. The quantitative estimate of drug-likeness (QED) is 0.584. The lowest BCUT2D eigenvalue weighted by atomic mass is 10.3. The van der Waals surface area contributed by atoms with Crippen LogP contribution >= 0.6 is 11.8 Å². The number of rotatable bonds is 7. The molecule has 2 aromatic carbocycles. The first kappa shape index (κ1) is 17.3. The third kappa shape index (κ3) is 4.33. The fourth-order valence-electron chi connectivity index (χ4n) is 2.17. The standard InChI is InChI=1S/C17H14F3N3OS/c18-13-8-4-5-9-14(13)24-10-16-21-22-17(25-11-15(19)20)23(16)12-6-2-1-3-7-12/h1-9,15H,10-11H2. The van der Waals surface area contributed by atoms with Gasteiger partial charge >= 0.3 is 0 Å². The molecule has 3 rings (SSSR count). The molecule has 0 spiro atoms. The molecule has 0 unspecified atom stereocenters. The second kappa shape index (κ2) is 8.06. The lowest BCUT2D eigenvalue weighted by Crippen LogP contribution is -2.07. The maximum atomic E-state index is 13.7. The van der Waals surface area contributed by atoms with E-state index in [2.05, 4.69) is 10.2 Å². The van der Waals surface area contributed by atoms with Gasteiger partial charge < -0.3 is 4.74 Å². The van der Waals surface area contributed by atoms with Crippen molar-refractivity contribution in [1.82, 2.24) is 14.8 Å². The third-order valence-corrected chi connectivity index (χ3v) is 4.19. The highest BCUT2D eigenvalue weighted by molar-refractivity contribution is 7.99. The van der Waals surface area contributed by atoms with Gasteiger partial charge in [-0.15, -0.1) is 10.2 Å². The number of ether oxygens (including phenoxy) is 1. The number of alkyl halides is 2. The Morgan fingerprint density at radius 3 is 2.44 bits per heavy atom. The molecule has 0 aliphatic heterocycles. The molecule has 0 N–H and O–H groups in total. The van der Waals surface area contributed by atoms with Crippen LogP contribution in [0.2, 0.25) is 0 Å². The maximum absolute atomic E-state index is 13.7. The first-order valence-corrected chi connectivity index (χ1v) is 8.41. The molecule has 0 atom stereocenters. The van der Waals surface area contributed by atoms with Gasteiger partial charge in [0.2, 0.25) is 6.43 Å². The van der Waals surface area contributed by atoms with Crippen molar-refractivity contribution in [3.63, 3.8) is 0 Å². The number of thioether (sulfide) groups is 1. The molecule has 8 heteroatoms. The molecule has 0 amide bonds. The first-order valence-electron chi connectivity index (χ1n) is 7.43. The van der Waals surface area contributed by atoms with Crippen molar-refractivity contribution >= 4 is 11.8 Å². The molecule has 130 valence electrons. The maximum Gasteiger partial charge on any atom is 0.248 e. The smallest absolute Gasteiger partial charge is 0.248 e. The van der Waals surface area contributed by atoms with Crippen LogP contribution in [0.1, 0.15) is 5.82 Å². The first-order chi connectivity index (χ1) is 12.1. The van der Waals surface area contributed by atoms with Crippen LogP contribution in [0.3, 0.4) is 0 Å². The molecule has 4 nitrogen and oxygen atoms in total. The molecule has 0 aliphatic rings. The Morgan fingerprint density at radius 2 is 1.72 bits per heavy atom. The van der Waals surface area contributed by atoms with Crippen LogP contribution in [0.15, 0.2) is 59.8 Å². The average Bonchev–Trinajstić information content (AvgIpc) is 3.03. The van der Waals surface area contributed by atoms with Crippen LogP contribution in [-0.4, -0.2) is 26.9 Å². The van der Waals surface area contributed by atoms with Crippen LogP contribution in [0.25, 0.3) is 5.69 Å². The number of hydrogen-bond acceptors (Lipinski definition) is 4. The Balaban J connectivity index is 1.87. The number of para-hydroxylation sites is 2. The van der Waals surface area contributed by atoms with Gasteiger partial charge in [0.15, 0.2) is 22.5 Å². The molecule has 0 radical (unpaired) electrons. The second-order valence-electron chi connectivity index (χ2n) is 4.99. The van der Waals surface area contributed by atoms with Crippen LogP contribution in [0.5, 0.6) is 5.75 Å². The van der Waals surface area contributed by atoms with Gasteiger partial charge in [-0.25, -0.2) is 13.2 Å². The van der Waals surface area contributed by atoms with Crippen LogP contribution < -0.4 is 4.74 Å². The van der Waals surface area contributed by atoms with Gasteiger partial charge in [-0.3, -0.25) is 4.57 Å². The van der Waals surface area contributed by atoms with Gasteiger partial charge in [-0.2, -0.15) is 0 Å². The topological polar surface area (TPSA) is 39.9 Å². The van der Waals surface area contributed by atoms with E-state index in [1.54, 1.807) is 16.7 Å². The minimum absolute atomic E-state index is 0.0436. The van der Waals surface area contributed by atoms with Gasteiger partial charge in [0.25, 0.3) is 0 Å². The molecule has 1 heterocycles. The lowest BCUT2D eigenvalue weighted by molar-refractivity contribution is 0.176. The molecular weight excluding hydrogens is 351 g/mol. The van der Waals surface area contributed by atoms with Gasteiger partial charge in [-0.1, -0.05) is 42.1 Å². The lowest BCUT2D eigenvalue weighted by Gasteiger charge is -2.11. The summed E-state index contributed by atoms with van der Waals surface area (Å²) >= 11 is 0.905. The van der Waals surface area contributed by atoms with E-state index in [1.165, 1.54) is 12.1 Å². The highest BCUT2D eigenvalue weighted by Crippen LogP contribution is 2.24. The van der Waals surface area contributed by atoms with Crippen LogP contribution in [-0.2, 0) is 6.61 Å². The van der Waals surface area contributed by atoms with E-state index < -0.39 is 12.2 Å². The van der Waals surface area contributed by atoms with Crippen molar-refractivity contribution in [2.75, 3.05) is 5.75 Å². The third-order valence-electron chi connectivity index (χ3n) is 3.25. The van der Waals surface area contributed by atoms with Crippen molar-refractivity contribution in [3.05, 3.63) is 66.2 Å². The van der Waals surface area contributed by atoms with E-state index >= 15 is 0 Å². The van der Waals surface area contributed by atoms with E-state index in [4.69, 9.17) is 4.74 Å². The summed E-state index contributed by atoms with van der Waals surface area (Å²) in [6.45, 7) is -0.0436. The van der Waals surface area contributed by atoms with Crippen molar-refractivity contribution in [3.8, 4) is 11.4 Å². The molecule has 0 bridgehead atoms.